The van der Waals surface area contributed by atoms with Crippen LogP contribution in [0.15, 0.2) is 126 Å². The lowest BCUT2D eigenvalue weighted by atomic mass is 10.1. The number of nitrogens with zero attached hydrogens (tertiary/aromatic N) is 1. The molecule has 12 heteroatoms. The minimum absolute atomic E-state index is 0.157. The van der Waals surface area contributed by atoms with E-state index in [1.165, 1.54) is 51.8 Å². The predicted octanol–water partition coefficient (Wildman–Crippen LogP) is 6.57. The van der Waals surface area contributed by atoms with Gasteiger partial charge in [-0.25, -0.2) is 15.0 Å². The molecule has 0 bridgehead atoms. The van der Waals surface area contributed by atoms with Gasteiger partial charge in [0.2, 0.25) is 5.75 Å². The highest BCUT2D eigenvalue weighted by molar-refractivity contribution is 6.04. The SMILES string of the molecule is COc1cc(C(=O)Oc2ccccc2/C=C/C(=O)Oc2ccccc2/C=N/NC(=O)c2ccc(NC(=O)c3ccccc3)cc2)cc(OC)c1OC. The number of benzene rings is 5. The van der Waals surface area contributed by atoms with Crippen LogP contribution in [0, 0.1) is 0 Å². The lowest BCUT2D eigenvalue weighted by molar-refractivity contribution is -0.128. The molecule has 5 aromatic carbocycles. The summed E-state index contributed by atoms with van der Waals surface area (Å²) in [6.07, 6.45) is 3.99. The number of carbonyl (C=O) groups excluding carboxylic acids is 4. The molecule has 0 aromatic heterocycles. The second-order valence-electron chi connectivity index (χ2n) is 10.7. The third-order valence-electron chi connectivity index (χ3n) is 7.36. The molecule has 0 unspecified atom stereocenters. The van der Waals surface area contributed by atoms with E-state index < -0.39 is 17.8 Å². The van der Waals surface area contributed by atoms with Crippen LogP contribution in [0.2, 0.25) is 0 Å². The summed E-state index contributed by atoms with van der Waals surface area (Å²) < 4.78 is 27.2. The van der Waals surface area contributed by atoms with Crippen molar-refractivity contribution in [3.05, 3.63) is 149 Å². The molecular weight excluding hydrogens is 666 g/mol. The summed E-state index contributed by atoms with van der Waals surface area (Å²) in [6.45, 7) is 0. The molecule has 5 rings (SSSR count). The number of carbonyl (C=O) groups is 4. The smallest absolute Gasteiger partial charge is 0.343 e. The fourth-order valence-corrected chi connectivity index (χ4v) is 4.77. The fourth-order valence-electron chi connectivity index (χ4n) is 4.77. The van der Waals surface area contributed by atoms with Crippen molar-refractivity contribution in [2.45, 2.75) is 0 Å². The molecule has 0 fully saturated rings. The maximum absolute atomic E-state index is 13.1. The summed E-state index contributed by atoms with van der Waals surface area (Å²) in [4.78, 5) is 51.0. The Morgan fingerprint density at radius 3 is 1.79 bits per heavy atom. The number of rotatable bonds is 13. The van der Waals surface area contributed by atoms with E-state index in [-0.39, 0.29) is 34.5 Å². The van der Waals surface area contributed by atoms with Crippen LogP contribution >= 0.6 is 0 Å². The Morgan fingerprint density at radius 1 is 0.577 bits per heavy atom. The molecule has 0 saturated carbocycles. The van der Waals surface area contributed by atoms with E-state index in [9.17, 15) is 19.2 Å². The van der Waals surface area contributed by atoms with Crippen LogP contribution in [-0.4, -0.2) is 51.3 Å². The molecule has 0 heterocycles. The number of hydrogen-bond donors (Lipinski definition) is 2. The van der Waals surface area contributed by atoms with Gasteiger partial charge in [-0.1, -0.05) is 48.5 Å². The summed E-state index contributed by atoms with van der Waals surface area (Å²) in [7, 11) is 4.33. The third kappa shape index (κ3) is 9.27. The van der Waals surface area contributed by atoms with E-state index >= 15 is 0 Å². The maximum atomic E-state index is 13.1. The molecule has 0 saturated heterocycles. The van der Waals surface area contributed by atoms with Crippen molar-refractivity contribution in [1.82, 2.24) is 5.43 Å². The Balaban J connectivity index is 1.19. The molecule has 0 atom stereocenters. The first-order chi connectivity index (χ1) is 25.3. The Morgan fingerprint density at radius 2 is 1.15 bits per heavy atom. The van der Waals surface area contributed by atoms with Gasteiger partial charge in [-0.3, -0.25) is 9.59 Å². The molecule has 0 radical (unpaired) electrons. The first-order valence-electron chi connectivity index (χ1n) is 15.7. The van der Waals surface area contributed by atoms with Gasteiger partial charge in [0.15, 0.2) is 11.5 Å². The summed E-state index contributed by atoms with van der Waals surface area (Å²) in [5.74, 6) is -0.866. The standard InChI is InChI=1S/C40H33N3O9/c1-48-34-23-30(24-35(49-2)37(34)50-3)40(47)52-32-15-9-7-11-26(32)19-22-36(44)51-33-16-10-8-14-29(33)25-41-43-39(46)28-17-20-31(21-18-28)42-38(45)27-12-5-4-6-13-27/h4-25H,1-3H3,(H,42,45)(H,43,46)/b22-19+,41-25+. The van der Waals surface area contributed by atoms with Crippen LogP contribution in [-0.2, 0) is 4.79 Å². The molecule has 0 spiro atoms. The molecule has 2 N–H and O–H groups in total. The van der Waals surface area contributed by atoms with Crippen molar-refractivity contribution in [3.63, 3.8) is 0 Å². The lowest BCUT2D eigenvalue weighted by Gasteiger charge is -2.14. The van der Waals surface area contributed by atoms with Gasteiger partial charge in [0.25, 0.3) is 11.8 Å². The van der Waals surface area contributed by atoms with Crippen molar-refractivity contribution in [3.8, 4) is 28.7 Å². The van der Waals surface area contributed by atoms with Gasteiger partial charge in [0, 0.05) is 34.0 Å². The first-order valence-corrected chi connectivity index (χ1v) is 15.7. The van der Waals surface area contributed by atoms with Gasteiger partial charge in [0.1, 0.15) is 11.5 Å². The highest BCUT2D eigenvalue weighted by Gasteiger charge is 2.19. The number of anilines is 1. The van der Waals surface area contributed by atoms with Gasteiger partial charge in [0.05, 0.1) is 33.1 Å². The minimum atomic E-state index is -0.713. The summed E-state index contributed by atoms with van der Waals surface area (Å²) in [6, 6.07) is 31.3. The monoisotopic (exact) mass is 699 g/mol. The van der Waals surface area contributed by atoms with E-state index in [2.05, 4.69) is 15.8 Å². The topological polar surface area (TPSA) is 151 Å². The molecule has 0 aliphatic carbocycles. The first kappa shape index (κ1) is 36.1. The molecule has 5 aromatic rings. The van der Waals surface area contributed by atoms with Gasteiger partial charge < -0.3 is 29.0 Å². The minimum Gasteiger partial charge on any atom is -0.493 e. The molecule has 2 amide bonds. The van der Waals surface area contributed by atoms with Crippen molar-refractivity contribution in [2.75, 3.05) is 26.6 Å². The third-order valence-corrected chi connectivity index (χ3v) is 7.36. The Bertz CT molecular complexity index is 2100. The highest BCUT2D eigenvalue weighted by Crippen LogP contribution is 2.38. The summed E-state index contributed by atoms with van der Waals surface area (Å²) in [5, 5.41) is 6.79. The van der Waals surface area contributed by atoms with Crippen molar-refractivity contribution in [1.29, 1.82) is 0 Å². The van der Waals surface area contributed by atoms with Crippen molar-refractivity contribution < 1.29 is 42.9 Å². The number of hydrogen-bond acceptors (Lipinski definition) is 10. The van der Waals surface area contributed by atoms with Crippen LogP contribution in [0.4, 0.5) is 5.69 Å². The number of esters is 2. The Labute approximate surface area is 299 Å². The van der Waals surface area contributed by atoms with Gasteiger partial charge in [-0.05, 0) is 72.8 Å². The van der Waals surface area contributed by atoms with Crippen LogP contribution in [0.3, 0.4) is 0 Å². The number of nitrogens with one attached hydrogen (secondary N) is 2. The van der Waals surface area contributed by atoms with Gasteiger partial charge in [-0.2, -0.15) is 5.10 Å². The van der Waals surface area contributed by atoms with Crippen LogP contribution < -0.4 is 34.4 Å². The number of methoxy groups -OCH3 is 3. The quantitative estimate of drug-likeness (QED) is 0.0458. The zero-order chi connectivity index (χ0) is 36.9. The lowest BCUT2D eigenvalue weighted by Crippen LogP contribution is -2.18. The maximum Gasteiger partial charge on any atom is 0.343 e. The zero-order valence-electron chi connectivity index (χ0n) is 28.3. The molecule has 0 aliphatic rings. The summed E-state index contributed by atoms with van der Waals surface area (Å²) in [5.41, 5.74) is 4.80. The molecule has 12 nitrogen and oxygen atoms in total. The number of hydrazone groups is 1. The van der Waals surface area contributed by atoms with Crippen LogP contribution in [0.5, 0.6) is 28.7 Å². The summed E-state index contributed by atoms with van der Waals surface area (Å²) >= 11 is 0. The number of para-hydroxylation sites is 2. The van der Waals surface area contributed by atoms with E-state index in [0.29, 0.717) is 33.7 Å². The van der Waals surface area contributed by atoms with Crippen LogP contribution in [0.1, 0.15) is 42.2 Å². The Kier molecular flexibility index (Phi) is 12.1. The molecule has 262 valence electrons. The second kappa shape index (κ2) is 17.4. The molecule has 0 aliphatic heterocycles. The zero-order valence-corrected chi connectivity index (χ0v) is 28.3. The number of ether oxygens (including phenoxy) is 5. The second-order valence-corrected chi connectivity index (χ2v) is 10.7. The number of amides is 2. The van der Waals surface area contributed by atoms with E-state index in [0.717, 1.165) is 0 Å². The predicted molar refractivity (Wildman–Crippen MR) is 195 cm³/mol. The van der Waals surface area contributed by atoms with Crippen molar-refractivity contribution in [2.24, 2.45) is 5.10 Å². The van der Waals surface area contributed by atoms with E-state index in [1.807, 2.05) is 6.07 Å². The van der Waals surface area contributed by atoms with Gasteiger partial charge in [-0.15, -0.1) is 0 Å². The highest BCUT2D eigenvalue weighted by atomic mass is 16.5. The fraction of sp³-hybridized carbons (Fsp3) is 0.0750. The van der Waals surface area contributed by atoms with E-state index in [4.69, 9.17) is 23.7 Å². The molecule has 52 heavy (non-hydrogen) atoms. The average Bonchev–Trinajstić information content (AvgIpc) is 3.18. The van der Waals surface area contributed by atoms with E-state index in [1.54, 1.807) is 97.1 Å². The van der Waals surface area contributed by atoms with Gasteiger partial charge >= 0.3 is 11.9 Å². The van der Waals surface area contributed by atoms with Crippen molar-refractivity contribution >= 4 is 41.7 Å². The average molecular weight is 700 g/mol. The molecular formula is C40H33N3O9. The Hall–Kier alpha value is -7.21. The normalized spacial score (nSPS) is 10.8. The van der Waals surface area contributed by atoms with Crippen LogP contribution in [0.25, 0.3) is 6.08 Å². The largest absolute Gasteiger partial charge is 0.493 e.